The number of benzene rings is 1. The van der Waals surface area contributed by atoms with Crippen LogP contribution in [0.15, 0.2) is 12.1 Å². The first-order valence-electron chi connectivity index (χ1n) is 6.52. The number of halogens is 2. The molecule has 3 N–H and O–H groups in total. The lowest BCUT2D eigenvalue weighted by Crippen LogP contribution is -2.15. The van der Waals surface area contributed by atoms with E-state index in [9.17, 15) is 8.78 Å². The van der Waals surface area contributed by atoms with E-state index in [1.165, 1.54) is 0 Å². The summed E-state index contributed by atoms with van der Waals surface area (Å²) in [6.07, 6.45) is 0.964. The molecule has 0 heterocycles. The summed E-state index contributed by atoms with van der Waals surface area (Å²) in [5, 5.41) is 2.68. The lowest BCUT2D eigenvalue weighted by Gasteiger charge is -2.11. The molecule has 0 saturated heterocycles. The molecule has 20 heavy (non-hydrogen) atoms. The third kappa shape index (κ3) is 5.38. The highest BCUT2D eigenvalue weighted by molar-refractivity contribution is 7.80. The van der Waals surface area contributed by atoms with Gasteiger partial charge in [0.2, 0.25) is 0 Å². The standard InChI is InChI=1S/C14H20F2N2OS/c1-9(2)3-5-19-6-4-18-13-11(15)7-10(14(17)20)8-12(13)16/h7-9,18H,3-6H2,1-2H3,(H2,17,20). The molecule has 112 valence electrons. The molecule has 1 aromatic rings. The van der Waals surface area contributed by atoms with Gasteiger partial charge in [-0.2, -0.15) is 0 Å². The van der Waals surface area contributed by atoms with Crippen molar-refractivity contribution < 1.29 is 13.5 Å². The van der Waals surface area contributed by atoms with Crippen molar-refractivity contribution in [3.8, 4) is 0 Å². The Hall–Kier alpha value is -1.27. The van der Waals surface area contributed by atoms with Crippen molar-refractivity contribution in [1.29, 1.82) is 0 Å². The lowest BCUT2D eigenvalue weighted by atomic mass is 10.1. The number of hydrogen-bond donors (Lipinski definition) is 2. The fourth-order valence-corrected chi connectivity index (χ4v) is 1.67. The van der Waals surface area contributed by atoms with Crippen molar-refractivity contribution in [1.82, 2.24) is 0 Å². The quantitative estimate of drug-likeness (QED) is 0.572. The Morgan fingerprint density at radius 3 is 2.40 bits per heavy atom. The van der Waals surface area contributed by atoms with Crippen molar-refractivity contribution in [3.05, 3.63) is 29.3 Å². The molecule has 3 nitrogen and oxygen atoms in total. The van der Waals surface area contributed by atoms with Gasteiger partial charge in [-0.3, -0.25) is 0 Å². The molecular formula is C14H20F2N2OS. The first-order valence-corrected chi connectivity index (χ1v) is 6.93. The largest absolute Gasteiger partial charge is 0.389 e. The number of hydrogen-bond acceptors (Lipinski definition) is 3. The van der Waals surface area contributed by atoms with Crippen molar-refractivity contribution in [2.45, 2.75) is 20.3 Å². The Labute approximate surface area is 123 Å². The summed E-state index contributed by atoms with van der Waals surface area (Å²) >= 11 is 4.68. The number of thiocarbonyl (C=S) groups is 1. The third-order valence-electron chi connectivity index (χ3n) is 2.71. The van der Waals surface area contributed by atoms with E-state index in [2.05, 4.69) is 31.4 Å². The molecule has 0 aliphatic heterocycles. The van der Waals surface area contributed by atoms with Crippen LogP contribution in [0.5, 0.6) is 0 Å². The molecule has 0 aliphatic carbocycles. The molecule has 6 heteroatoms. The maximum atomic E-state index is 13.7. The minimum atomic E-state index is -0.713. The second kappa shape index (κ2) is 8.11. The van der Waals surface area contributed by atoms with Crippen LogP contribution >= 0.6 is 12.2 Å². The summed E-state index contributed by atoms with van der Waals surface area (Å²) < 4.78 is 32.7. The average Bonchev–Trinajstić information content (AvgIpc) is 2.35. The van der Waals surface area contributed by atoms with E-state index in [4.69, 9.17) is 10.5 Å². The van der Waals surface area contributed by atoms with Crippen LogP contribution in [0.2, 0.25) is 0 Å². The lowest BCUT2D eigenvalue weighted by molar-refractivity contribution is 0.132. The number of nitrogens with two attached hydrogens (primary N) is 1. The highest BCUT2D eigenvalue weighted by atomic mass is 32.1. The van der Waals surface area contributed by atoms with Crippen molar-refractivity contribution >= 4 is 22.9 Å². The molecule has 0 saturated carbocycles. The van der Waals surface area contributed by atoms with Crippen molar-refractivity contribution in [3.63, 3.8) is 0 Å². The normalized spacial score (nSPS) is 10.8. The molecule has 0 unspecified atom stereocenters. The first kappa shape index (κ1) is 16.8. The van der Waals surface area contributed by atoms with E-state index in [0.29, 0.717) is 25.7 Å². The zero-order chi connectivity index (χ0) is 15.1. The summed E-state index contributed by atoms with van der Waals surface area (Å²) in [7, 11) is 0. The number of ether oxygens (including phenoxy) is 1. The van der Waals surface area contributed by atoms with Crippen LogP contribution in [0.3, 0.4) is 0 Å². The molecule has 0 fully saturated rings. The van der Waals surface area contributed by atoms with Gasteiger partial charge in [0, 0.05) is 18.7 Å². The predicted molar refractivity (Wildman–Crippen MR) is 81.0 cm³/mol. The van der Waals surface area contributed by atoms with E-state index in [0.717, 1.165) is 18.6 Å². The second-order valence-corrected chi connectivity index (χ2v) is 5.34. The number of rotatable bonds is 8. The number of nitrogens with one attached hydrogen (secondary N) is 1. The maximum absolute atomic E-state index is 13.7. The smallest absolute Gasteiger partial charge is 0.150 e. The minimum Gasteiger partial charge on any atom is -0.389 e. The van der Waals surface area contributed by atoms with Gasteiger partial charge in [0.25, 0.3) is 0 Å². The molecule has 0 aliphatic rings. The fourth-order valence-electron chi connectivity index (χ4n) is 1.55. The summed E-state index contributed by atoms with van der Waals surface area (Å²) in [5.41, 5.74) is 5.33. The molecule has 0 radical (unpaired) electrons. The maximum Gasteiger partial charge on any atom is 0.150 e. The van der Waals surface area contributed by atoms with Crippen LogP contribution in [0.1, 0.15) is 25.8 Å². The highest BCUT2D eigenvalue weighted by Gasteiger charge is 2.11. The molecule has 0 spiro atoms. The van der Waals surface area contributed by atoms with Gasteiger partial charge in [-0.25, -0.2) is 8.78 Å². The van der Waals surface area contributed by atoms with Crippen molar-refractivity contribution in [2.24, 2.45) is 11.7 Å². The van der Waals surface area contributed by atoms with Crippen LogP contribution in [-0.2, 0) is 4.74 Å². The summed E-state index contributed by atoms with van der Waals surface area (Å²) in [6, 6.07) is 2.24. The Kier molecular flexibility index (Phi) is 6.81. The molecule has 0 aromatic heterocycles. The van der Waals surface area contributed by atoms with E-state index in [1.807, 2.05) is 0 Å². The van der Waals surface area contributed by atoms with E-state index < -0.39 is 11.6 Å². The zero-order valence-corrected chi connectivity index (χ0v) is 12.5. The van der Waals surface area contributed by atoms with Gasteiger partial charge in [0.15, 0.2) is 0 Å². The Balaban J connectivity index is 2.46. The number of anilines is 1. The molecule has 0 bridgehead atoms. The SMILES string of the molecule is CC(C)CCOCCNc1c(F)cc(C(N)=S)cc1F. The Morgan fingerprint density at radius 2 is 1.90 bits per heavy atom. The van der Waals surface area contributed by atoms with Gasteiger partial charge < -0.3 is 15.8 Å². The zero-order valence-electron chi connectivity index (χ0n) is 11.7. The van der Waals surface area contributed by atoms with Crippen LogP contribution in [0.4, 0.5) is 14.5 Å². The fraction of sp³-hybridized carbons (Fsp3) is 0.500. The van der Waals surface area contributed by atoms with Gasteiger partial charge in [0.05, 0.1) is 6.61 Å². The Morgan fingerprint density at radius 1 is 1.30 bits per heavy atom. The second-order valence-electron chi connectivity index (χ2n) is 4.90. The summed E-state index contributed by atoms with van der Waals surface area (Å²) in [5.74, 6) is -0.851. The Bertz CT molecular complexity index is 443. The first-order chi connectivity index (χ1) is 9.41. The van der Waals surface area contributed by atoms with Gasteiger partial charge in [0.1, 0.15) is 22.3 Å². The van der Waals surface area contributed by atoms with E-state index in [-0.39, 0.29) is 16.2 Å². The summed E-state index contributed by atoms with van der Waals surface area (Å²) in [6.45, 7) is 5.58. The minimum absolute atomic E-state index is 0.0358. The molecular weight excluding hydrogens is 282 g/mol. The van der Waals surface area contributed by atoms with Crippen LogP contribution < -0.4 is 11.1 Å². The van der Waals surface area contributed by atoms with Crippen molar-refractivity contribution in [2.75, 3.05) is 25.1 Å². The van der Waals surface area contributed by atoms with Gasteiger partial charge in [-0.15, -0.1) is 0 Å². The molecule has 0 atom stereocenters. The van der Waals surface area contributed by atoms with Crippen LogP contribution in [0.25, 0.3) is 0 Å². The van der Waals surface area contributed by atoms with Gasteiger partial charge in [-0.1, -0.05) is 26.1 Å². The monoisotopic (exact) mass is 302 g/mol. The average molecular weight is 302 g/mol. The molecule has 1 aromatic carbocycles. The van der Waals surface area contributed by atoms with E-state index in [1.54, 1.807) is 0 Å². The van der Waals surface area contributed by atoms with E-state index >= 15 is 0 Å². The van der Waals surface area contributed by atoms with Gasteiger partial charge >= 0.3 is 0 Å². The highest BCUT2D eigenvalue weighted by Crippen LogP contribution is 2.20. The van der Waals surface area contributed by atoms with Crippen LogP contribution in [0, 0.1) is 17.6 Å². The predicted octanol–water partition coefficient (Wildman–Crippen LogP) is 3.07. The van der Waals surface area contributed by atoms with Crippen LogP contribution in [-0.4, -0.2) is 24.7 Å². The summed E-state index contributed by atoms with van der Waals surface area (Å²) in [4.78, 5) is -0.0358. The molecule has 1 rings (SSSR count). The molecule has 0 amide bonds. The van der Waals surface area contributed by atoms with Gasteiger partial charge in [-0.05, 0) is 24.5 Å². The topological polar surface area (TPSA) is 47.3 Å². The third-order valence-corrected chi connectivity index (χ3v) is 2.95.